The number of halogens is 1. The monoisotopic (exact) mass is 327 g/mol. The van der Waals surface area contributed by atoms with Gasteiger partial charge in [0.2, 0.25) is 0 Å². The van der Waals surface area contributed by atoms with E-state index in [4.69, 9.17) is 11.6 Å². The van der Waals surface area contributed by atoms with Gasteiger partial charge in [0, 0.05) is 18.0 Å². The Labute approximate surface area is 137 Å². The van der Waals surface area contributed by atoms with Crippen molar-refractivity contribution >= 4 is 22.9 Å². The van der Waals surface area contributed by atoms with E-state index in [0.29, 0.717) is 5.88 Å². The van der Waals surface area contributed by atoms with Crippen molar-refractivity contribution in [2.45, 2.75) is 50.4 Å². The molecular formula is C16H26ClN3S. The zero-order chi connectivity index (χ0) is 14.5. The minimum Gasteiger partial charge on any atom is -0.302 e. The molecular weight excluding hydrogens is 302 g/mol. The third kappa shape index (κ3) is 4.41. The molecule has 5 heteroatoms. The Morgan fingerprint density at radius 3 is 3.00 bits per heavy atom. The molecule has 0 N–H and O–H groups in total. The summed E-state index contributed by atoms with van der Waals surface area (Å²) >= 11 is 7.56. The molecule has 2 aliphatic heterocycles. The Kier molecular flexibility index (Phi) is 5.92. The predicted octanol–water partition coefficient (Wildman–Crippen LogP) is 3.37. The highest BCUT2D eigenvalue weighted by molar-refractivity contribution is 7.09. The molecule has 2 fully saturated rings. The third-order valence-electron chi connectivity index (χ3n) is 4.74. The summed E-state index contributed by atoms with van der Waals surface area (Å²) in [6, 6.07) is 0.845. The molecule has 21 heavy (non-hydrogen) atoms. The lowest BCUT2D eigenvalue weighted by molar-refractivity contribution is 0.218. The Hall–Kier alpha value is -0.160. The quantitative estimate of drug-likeness (QED) is 0.590. The van der Waals surface area contributed by atoms with Gasteiger partial charge >= 0.3 is 0 Å². The summed E-state index contributed by atoms with van der Waals surface area (Å²) < 4.78 is 0. The second-order valence-electron chi connectivity index (χ2n) is 6.31. The van der Waals surface area contributed by atoms with Crippen molar-refractivity contribution in [3.8, 4) is 0 Å². The number of unbranched alkanes of at least 4 members (excludes halogenated alkanes) is 1. The van der Waals surface area contributed by atoms with E-state index in [1.807, 2.05) is 0 Å². The molecule has 1 aromatic heterocycles. The van der Waals surface area contributed by atoms with Crippen molar-refractivity contribution in [3.05, 3.63) is 16.1 Å². The van der Waals surface area contributed by atoms with Gasteiger partial charge in [-0.2, -0.15) is 0 Å². The summed E-state index contributed by atoms with van der Waals surface area (Å²) in [5.74, 6) is 0.544. The first-order valence-electron chi connectivity index (χ1n) is 8.31. The summed E-state index contributed by atoms with van der Waals surface area (Å²) in [5.41, 5.74) is 1.03. The van der Waals surface area contributed by atoms with Crippen LogP contribution in [-0.4, -0.2) is 53.5 Å². The van der Waals surface area contributed by atoms with Gasteiger partial charge in [-0.15, -0.1) is 22.9 Å². The summed E-state index contributed by atoms with van der Waals surface area (Å²) in [7, 11) is 0. The van der Waals surface area contributed by atoms with Crippen LogP contribution in [-0.2, 0) is 12.3 Å². The van der Waals surface area contributed by atoms with E-state index in [-0.39, 0.29) is 0 Å². The second kappa shape index (κ2) is 7.91. The van der Waals surface area contributed by atoms with Crippen LogP contribution in [0.3, 0.4) is 0 Å². The van der Waals surface area contributed by atoms with Gasteiger partial charge in [0.1, 0.15) is 0 Å². The molecule has 2 saturated heterocycles. The van der Waals surface area contributed by atoms with Crippen molar-refractivity contribution < 1.29 is 0 Å². The number of rotatable bonds is 6. The van der Waals surface area contributed by atoms with Crippen LogP contribution >= 0.6 is 22.9 Å². The lowest BCUT2D eigenvalue weighted by Crippen LogP contribution is -2.37. The molecule has 0 spiro atoms. The van der Waals surface area contributed by atoms with Gasteiger partial charge < -0.3 is 4.90 Å². The lowest BCUT2D eigenvalue weighted by atomic mass is 10.2. The molecule has 1 unspecified atom stereocenters. The van der Waals surface area contributed by atoms with Gasteiger partial charge in [0.05, 0.1) is 16.6 Å². The van der Waals surface area contributed by atoms with Crippen LogP contribution in [0.2, 0.25) is 0 Å². The molecule has 2 aliphatic rings. The number of nitrogens with zero attached hydrogens (tertiary/aromatic N) is 3. The van der Waals surface area contributed by atoms with Crippen molar-refractivity contribution in [1.82, 2.24) is 14.8 Å². The molecule has 1 atom stereocenters. The maximum atomic E-state index is 5.80. The fourth-order valence-electron chi connectivity index (χ4n) is 3.62. The van der Waals surface area contributed by atoms with Gasteiger partial charge in [-0.05, 0) is 64.7 Å². The molecule has 0 amide bonds. The average Bonchev–Trinajstić information content (AvgIpc) is 3.09. The SMILES string of the molecule is ClCc1csc(CCCCN2CCCN3CCCC3C2)n1. The highest BCUT2D eigenvalue weighted by Crippen LogP contribution is 2.21. The van der Waals surface area contributed by atoms with E-state index in [2.05, 4.69) is 20.2 Å². The van der Waals surface area contributed by atoms with Crippen molar-refractivity contribution in [3.63, 3.8) is 0 Å². The van der Waals surface area contributed by atoms with Crippen molar-refractivity contribution in [2.24, 2.45) is 0 Å². The fourth-order valence-corrected chi connectivity index (χ4v) is 4.69. The minimum absolute atomic E-state index is 0.544. The molecule has 0 bridgehead atoms. The van der Waals surface area contributed by atoms with Crippen LogP contribution in [0.1, 0.15) is 42.8 Å². The van der Waals surface area contributed by atoms with Gasteiger partial charge in [0.25, 0.3) is 0 Å². The molecule has 3 nitrogen and oxygen atoms in total. The molecule has 3 heterocycles. The molecule has 1 aromatic rings. The van der Waals surface area contributed by atoms with Crippen molar-refractivity contribution in [2.75, 3.05) is 32.7 Å². The highest BCUT2D eigenvalue weighted by Gasteiger charge is 2.28. The third-order valence-corrected chi connectivity index (χ3v) is 5.97. The smallest absolute Gasteiger partial charge is 0.0928 e. The van der Waals surface area contributed by atoms with Gasteiger partial charge in [-0.1, -0.05) is 0 Å². The normalized spacial score (nSPS) is 24.1. The molecule has 0 radical (unpaired) electrons. The number of aryl methyl sites for hydroxylation is 1. The largest absolute Gasteiger partial charge is 0.302 e. The van der Waals surface area contributed by atoms with Gasteiger partial charge in [-0.3, -0.25) is 4.90 Å². The van der Waals surface area contributed by atoms with Gasteiger partial charge in [-0.25, -0.2) is 4.98 Å². The second-order valence-corrected chi connectivity index (χ2v) is 7.52. The van der Waals surface area contributed by atoms with Crippen LogP contribution < -0.4 is 0 Å². The summed E-state index contributed by atoms with van der Waals surface area (Å²) in [6.45, 7) is 6.51. The van der Waals surface area contributed by atoms with Crippen LogP contribution in [0, 0.1) is 0 Å². The van der Waals surface area contributed by atoms with Crippen molar-refractivity contribution in [1.29, 1.82) is 0 Å². The number of hydrogen-bond acceptors (Lipinski definition) is 4. The summed E-state index contributed by atoms with van der Waals surface area (Å²) in [6.07, 6.45) is 7.83. The molecule has 0 aliphatic carbocycles. The topological polar surface area (TPSA) is 19.4 Å². The van der Waals surface area contributed by atoms with Crippen LogP contribution in [0.5, 0.6) is 0 Å². The predicted molar refractivity (Wildman–Crippen MR) is 90.3 cm³/mol. The Bertz CT molecular complexity index is 437. The molecule has 0 aromatic carbocycles. The molecule has 0 saturated carbocycles. The maximum Gasteiger partial charge on any atom is 0.0928 e. The Morgan fingerprint density at radius 1 is 1.24 bits per heavy atom. The maximum absolute atomic E-state index is 5.80. The Balaban J connectivity index is 1.36. The standard InChI is InChI=1S/C16H26ClN3S/c17-11-14-13-21-16(18-14)6-1-2-7-19-8-4-10-20-9-3-5-15(20)12-19/h13,15H,1-12H2. The highest BCUT2D eigenvalue weighted by atomic mass is 35.5. The van der Waals surface area contributed by atoms with E-state index in [1.165, 1.54) is 69.8 Å². The van der Waals surface area contributed by atoms with E-state index in [0.717, 1.165) is 18.2 Å². The molecule has 118 valence electrons. The first-order valence-corrected chi connectivity index (χ1v) is 9.72. The number of aromatic nitrogens is 1. The van der Waals surface area contributed by atoms with E-state index in [9.17, 15) is 0 Å². The average molecular weight is 328 g/mol. The van der Waals surface area contributed by atoms with E-state index < -0.39 is 0 Å². The lowest BCUT2D eigenvalue weighted by Gasteiger charge is -2.25. The fraction of sp³-hybridized carbons (Fsp3) is 0.812. The van der Waals surface area contributed by atoms with Crippen LogP contribution in [0.15, 0.2) is 5.38 Å². The first kappa shape index (κ1) is 15.7. The minimum atomic E-state index is 0.544. The number of fused-ring (bicyclic) bond motifs is 1. The van der Waals surface area contributed by atoms with Crippen LogP contribution in [0.25, 0.3) is 0 Å². The zero-order valence-electron chi connectivity index (χ0n) is 12.8. The number of thiazole rings is 1. The first-order chi connectivity index (χ1) is 10.3. The number of alkyl halides is 1. The number of hydrogen-bond donors (Lipinski definition) is 0. The summed E-state index contributed by atoms with van der Waals surface area (Å²) in [4.78, 5) is 9.95. The zero-order valence-corrected chi connectivity index (χ0v) is 14.3. The van der Waals surface area contributed by atoms with Gasteiger partial charge in [0.15, 0.2) is 0 Å². The van der Waals surface area contributed by atoms with Crippen LogP contribution in [0.4, 0.5) is 0 Å². The van der Waals surface area contributed by atoms with E-state index >= 15 is 0 Å². The Morgan fingerprint density at radius 2 is 2.14 bits per heavy atom. The summed E-state index contributed by atoms with van der Waals surface area (Å²) in [5, 5.41) is 3.34. The van der Waals surface area contributed by atoms with E-state index in [1.54, 1.807) is 11.3 Å². The molecule has 3 rings (SSSR count).